The van der Waals surface area contributed by atoms with Crippen LogP contribution in [0, 0.1) is 5.92 Å². The molecular weight excluding hydrogens is 172 g/mol. The van der Waals surface area contributed by atoms with Crippen LogP contribution in [0.2, 0.25) is 0 Å². The van der Waals surface area contributed by atoms with Crippen molar-refractivity contribution in [3.8, 4) is 0 Å². The maximum Gasteiger partial charge on any atom is 0.0120 e. The van der Waals surface area contributed by atoms with Crippen molar-refractivity contribution in [1.82, 2.24) is 9.80 Å². The van der Waals surface area contributed by atoms with E-state index in [4.69, 9.17) is 0 Å². The fourth-order valence-electron chi connectivity index (χ4n) is 2.41. The van der Waals surface area contributed by atoms with Gasteiger partial charge in [-0.15, -0.1) is 0 Å². The van der Waals surface area contributed by atoms with Crippen LogP contribution in [0.3, 0.4) is 0 Å². The molecule has 0 radical (unpaired) electrons. The van der Waals surface area contributed by atoms with Crippen molar-refractivity contribution < 1.29 is 0 Å². The second-order valence-corrected chi connectivity index (χ2v) is 4.59. The molecule has 0 aromatic heterocycles. The predicted molar refractivity (Wildman–Crippen MR) is 62.6 cm³/mol. The Hall–Kier alpha value is -0.0800. The van der Waals surface area contributed by atoms with E-state index >= 15 is 0 Å². The Morgan fingerprint density at radius 3 is 1.93 bits per heavy atom. The van der Waals surface area contributed by atoms with Crippen molar-refractivity contribution in [1.29, 1.82) is 0 Å². The van der Waals surface area contributed by atoms with Crippen LogP contribution >= 0.6 is 0 Å². The number of likely N-dealkylation sites (tertiary alicyclic amines) is 2. The van der Waals surface area contributed by atoms with Crippen LogP contribution < -0.4 is 0 Å². The number of rotatable bonds is 1. The molecule has 0 bridgehead atoms. The topological polar surface area (TPSA) is 6.48 Å². The van der Waals surface area contributed by atoms with E-state index in [9.17, 15) is 0 Å². The van der Waals surface area contributed by atoms with Crippen molar-refractivity contribution >= 4 is 0 Å². The van der Waals surface area contributed by atoms with Crippen LogP contribution in [0.5, 0.6) is 0 Å². The SMILES string of the molecule is CC.CC1CN(C2CCN(C)CC2)C1. The van der Waals surface area contributed by atoms with Crippen LogP contribution in [0.25, 0.3) is 0 Å². The predicted octanol–water partition coefficient (Wildman–Crippen LogP) is 2.06. The summed E-state index contributed by atoms with van der Waals surface area (Å²) in [6.45, 7) is 11.7. The zero-order valence-electron chi connectivity index (χ0n) is 10.3. The van der Waals surface area contributed by atoms with Crippen LogP contribution in [0.15, 0.2) is 0 Å². The third kappa shape index (κ3) is 2.96. The first-order valence-corrected chi connectivity index (χ1v) is 6.18. The molecule has 2 heteroatoms. The van der Waals surface area contributed by atoms with E-state index in [1.165, 1.54) is 39.0 Å². The highest BCUT2D eigenvalue weighted by Crippen LogP contribution is 2.23. The smallest absolute Gasteiger partial charge is 0.0120 e. The molecular formula is C12H26N2. The molecule has 0 saturated carbocycles. The van der Waals surface area contributed by atoms with Gasteiger partial charge in [0.05, 0.1) is 0 Å². The lowest BCUT2D eigenvalue weighted by Crippen LogP contribution is -2.53. The van der Waals surface area contributed by atoms with Gasteiger partial charge in [0.25, 0.3) is 0 Å². The minimum atomic E-state index is 0.914. The molecule has 2 aliphatic rings. The Kier molecular flexibility index (Phi) is 4.90. The maximum atomic E-state index is 2.66. The van der Waals surface area contributed by atoms with Crippen molar-refractivity contribution in [2.24, 2.45) is 5.92 Å². The second-order valence-electron chi connectivity index (χ2n) is 4.59. The molecule has 0 atom stereocenters. The highest BCUT2D eigenvalue weighted by molar-refractivity contribution is 4.86. The Balaban J connectivity index is 0.000000461. The summed E-state index contributed by atoms with van der Waals surface area (Å²) < 4.78 is 0. The Morgan fingerprint density at radius 1 is 1.00 bits per heavy atom. The maximum absolute atomic E-state index is 2.66. The van der Waals surface area contributed by atoms with Gasteiger partial charge in [-0.3, -0.25) is 4.90 Å². The first kappa shape index (κ1) is 12.0. The van der Waals surface area contributed by atoms with Gasteiger partial charge in [-0.1, -0.05) is 20.8 Å². The van der Waals surface area contributed by atoms with E-state index in [2.05, 4.69) is 23.8 Å². The third-order valence-corrected chi connectivity index (χ3v) is 3.30. The van der Waals surface area contributed by atoms with Crippen molar-refractivity contribution in [3.63, 3.8) is 0 Å². The molecule has 2 nitrogen and oxygen atoms in total. The highest BCUT2D eigenvalue weighted by Gasteiger charge is 2.30. The van der Waals surface area contributed by atoms with E-state index in [0.29, 0.717) is 0 Å². The van der Waals surface area contributed by atoms with Gasteiger partial charge in [-0.25, -0.2) is 0 Å². The van der Waals surface area contributed by atoms with Crippen LogP contribution in [0.1, 0.15) is 33.6 Å². The lowest BCUT2D eigenvalue weighted by molar-refractivity contribution is 0.0310. The molecule has 0 aliphatic carbocycles. The van der Waals surface area contributed by atoms with Gasteiger partial charge in [-0.05, 0) is 38.9 Å². The molecule has 0 spiro atoms. The van der Waals surface area contributed by atoms with Gasteiger partial charge < -0.3 is 4.90 Å². The molecule has 2 saturated heterocycles. The van der Waals surface area contributed by atoms with E-state index < -0.39 is 0 Å². The van der Waals surface area contributed by atoms with E-state index in [0.717, 1.165) is 12.0 Å². The standard InChI is InChI=1S/C10H20N2.C2H6/c1-9-7-12(8-9)10-3-5-11(2)6-4-10;1-2/h9-10H,3-8H2,1-2H3;1-2H3. The van der Waals surface area contributed by atoms with Gasteiger partial charge >= 0.3 is 0 Å². The molecule has 2 aliphatic heterocycles. The molecule has 0 unspecified atom stereocenters. The lowest BCUT2D eigenvalue weighted by Gasteiger charge is -2.45. The van der Waals surface area contributed by atoms with Crippen molar-refractivity contribution in [2.45, 2.75) is 39.7 Å². The summed E-state index contributed by atoms with van der Waals surface area (Å²) in [5.41, 5.74) is 0. The van der Waals surface area contributed by atoms with Gasteiger partial charge in [0.2, 0.25) is 0 Å². The summed E-state index contributed by atoms with van der Waals surface area (Å²) in [4.78, 5) is 5.11. The van der Waals surface area contributed by atoms with E-state index in [-0.39, 0.29) is 0 Å². The fourth-order valence-corrected chi connectivity index (χ4v) is 2.41. The summed E-state index contributed by atoms with van der Waals surface area (Å²) in [5.74, 6) is 0.963. The highest BCUT2D eigenvalue weighted by atomic mass is 15.2. The number of hydrogen-bond donors (Lipinski definition) is 0. The lowest BCUT2D eigenvalue weighted by atomic mass is 9.95. The Bertz CT molecular complexity index is 144. The summed E-state index contributed by atoms with van der Waals surface area (Å²) in [5, 5.41) is 0. The summed E-state index contributed by atoms with van der Waals surface area (Å²) in [6, 6.07) is 0.914. The summed E-state index contributed by atoms with van der Waals surface area (Å²) in [6.07, 6.45) is 2.78. The molecule has 2 heterocycles. The number of nitrogens with zero attached hydrogens (tertiary/aromatic N) is 2. The number of piperidine rings is 1. The van der Waals surface area contributed by atoms with Crippen LogP contribution in [-0.2, 0) is 0 Å². The third-order valence-electron chi connectivity index (χ3n) is 3.30. The van der Waals surface area contributed by atoms with Gasteiger partial charge in [-0.2, -0.15) is 0 Å². The van der Waals surface area contributed by atoms with Crippen molar-refractivity contribution in [3.05, 3.63) is 0 Å². The van der Waals surface area contributed by atoms with Crippen molar-refractivity contribution in [2.75, 3.05) is 33.2 Å². The fraction of sp³-hybridized carbons (Fsp3) is 1.00. The number of hydrogen-bond acceptors (Lipinski definition) is 2. The Morgan fingerprint density at radius 2 is 1.50 bits per heavy atom. The molecule has 84 valence electrons. The molecule has 0 aromatic rings. The molecule has 2 fully saturated rings. The van der Waals surface area contributed by atoms with Crippen LogP contribution in [0.4, 0.5) is 0 Å². The van der Waals surface area contributed by atoms with Gasteiger partial charge in [0.15, 0.2) is 0 Å². The quantitative estimate of drug-likeness (QED) is 0.636. The molecule has 2 rings (SSSR count). The first-order chi connectivity index (χ1) is 6.75. The molecule has 0 N–H and O–H groups in total. The van der Waals surface area contributed by atoms with Gasteiger partial charge in [0.1, 0.15) is 0 Å². The van der Waals surface area contributed by atoms with Crippen LogP contribution in [-0.4, -0.2) is 49.1 Å². The normalized spacial score (nSPS) is 26.6. The minimum absolute atomic E-state index is 0.914. The van der Waals surface area contributed by atoms with Gasteiger partial charge in [0, 0.05) is 19.1 Å². The van der Waals surface area contributed by atoms with E-state index in [1.807, 2.05) is 13.8 Å². The molecule has 0 amide bonds. The Labute approximate surface area is 89.3 Å². The average molecular weight is 198 g/mol. The average Bonchev–Trinajstić information content (AvgIpc) is 2.18. The minimum Gasteiger partial charge on any atom is -0.306 e. The van der Waals surface area contributed by atoms with E-state index in [1.54, 1.807) is 0 Å². The first-order valence-electron chi connectivity index (χ1n) is 6.18. The zero-order valence-corrected chi connectivity index (χ0v) is 10.3. The molecule has 14 heavy (non-hydrogen) atoms. The second kappa shape index (κ2) is 5.72. The largest absolute Gasteiger partial charge is 0.306 e. The zero-order chi connectivity index (χ0) is 10.6. The monoisotopic (exact) mass is 198 g/mol. The summed E-state index contributed by atoms with van der Waals surface area (Å²) >= 11 is 0. The summed E-state index contributed by atoms with van der Waals surface area (Å²) in [7, 11) is 2.23. The molecule has 0 aromatic carbocycles.